The Bertz CT molecular complexity index is 3290. The standard InChI is InChI=1S/C51H29N5/c52-30-33-18-22-39(38(26-33)32-54)44-27-34(31-53)19-23-50(44)56-48-17-9-6-14-42(48)45-29-37(21-25-51(45)56)36-20-24-49(43(28-36)35-10-2-1-3-11-35)55-46-15-7-4-12-40(46)41-13-5-8-16-47(41)55/h1-29H. The Kier molecular flexibility index (Phi) is 7.57. The highest BCUT2D eigenvalue weighted by Crippen LogP contribution is 2.41. The second-order valence-corrected chi connectivity index (χ2v) is 13.9. The molecule has 0 fully saturated rings. The Morgan fingerprint density at radius 2 is 0.821 bits per heavy atom. The number of rotatable bonds is 5. The molecule has 56 heavy (non-hydrogen) atoms. The molecule has 0 saturated carbocycles. The lowest BCUT2D eigenvalue weighted by Gasteiger charge is -2.17. The van der Waals surface area contributed by atoms with Crippen LogP contribution in [0.5, 0.6) is 0 Å². The molecule has 10 rings (SSSR count). The van der Waals surface area contributed by atoms with Gasteiger partial charge < -0.3 is 9.13 Å². The van der Waals surface area contributed by atoms with Crippen LogP contribution in [0, 0.1) is 34.0 Å². The van der Waals surface area contributed by atoms with Gasteiger partial charge in [0.1, 0.15) is 0 Å². The molecular weight excluding hydrogens is 683 g/mol. The van der Waals surface area contributed by atoms with Gasteiger partial charge in [-0.25, -0.2) is 0 Å². The van der Waals surface area contributed by atoms with Gasteiger partial charge in [0, 0.05) is 38.2 Å². The minimum absolute atomic E-state index is 0.377. The lowest BCUT2D eigenvalue weighted by molar-refractivity contribution is 1.18. The summed E-state index contributed by atoms with van der Waals surface area (Å²) >= 11 is 0. The van der Waals surface area contributed by atoms with Crippen molar-refractivity contribution >= 4 is 43.6 Å². The van der Waals surface area contributed by atoms with Crippen LogP contribution in [-0.2, 0) is 0 Å². The summed E-state index contributed by atoms with van der Waals surface area (Å²) in [4.78, 5) is 0. The average molecular weight is 712 g/mol. The van der Waals surface area contributed by atoms with E-state index < -0.39 is 0 Å². The summed E-state index contributed by atoms with van der Waals surface area (Å²) in [6.45, 7) is 0. The molecule has 0 saturated heterocycles. The van der Waals surface area contributed by atoms with E-state index >= 15 is 0 Å². The molecule has 2 aromatic heterocycles. The van der Waals surface area contributed by atoms with Crippen molar-refractivity contribution in [2.45, 2.75) is 0 Å². The number of aromatic nitrogens is 2. The fraction of sp³-hybridized carbons (Fsp3) is 0. The molecule has 0 N–H and O–H groups in total. The molecule has 258 valence electrons. The quantitative estimate of drug-likeness (QED) is 0.178. The minimum Gasteiger partial charge on any atom is -0.309 e. The van der Waals surface area contributed by atoms with E-state index in [1.54, 1.807) is 18.2 Å². The van der Waals surface area contributed by atoms with Crippen molar-refractivity contribution in [1.82, 2.24) is 9.13 Å². The molecular formula is C51H29N5. The van der Waals surface area contributed by atoms with Gasteiger partial charge in [-0.15, -0.1) is 0 Å². The van der Waals surface area contributed by atoms with Crippen molar-refractivity contribution in [3.8, 4) is 63.0 Å². The third kappa shape index (κ3) is 5.07. The fourth-order valence-corrected chi connectivity index (χ4v) is 8.31. The van der Waals surface area contributed by atoms with Crippen molar-refractivity contribution in [1.29, 1.82) is 15.8 Å². The number of hydrogen-bond acceptors (Lipinski definition) is 3. The normalized spacial score (nSPS) is 11.2. The summed E-state index contributed by atoms with van der Waals surface area (Å²) in [5, 5.41) is 34.2. The molecule has 0 aliphatic heterocycles. The van der Waals surface area contributed by atoms with Crippen molar-refractivity contribution in [2.75, 3.05) is 0 Å². The number of hydrogen-bond donors (Lipinski definition) is 0. The lowest BCUT2D eigenvalue weighted by Crippen LogP contribution is -1.99. The fourth-order valence-electron chi connectivity index (χ4n) is 8.31. The van der Waals surface area contributed by atoms with E-state index in [1.807, 2.05) is 24.3 Å². The molecule has 5 heteroatoms. The summed E-state index contributed by atoms with van der Waals surface area (Å²) in [6, 6.07) is 66.9. The van der Waals surface area contributed by atoms with Crippen LogP contribution in [-0.4, -0.2) is 9.13 Å². The summed E-state index contributed by atoms with van der Waals surface area (Å²) in [6.07, 6.45) is 0. The Morgan fingerprint density at radius 1 is 0.321 bits per heavy atom. The summed E-state index contributed by atoms with van der Waals surface area (Å²) in [7, 11) is 0. The molecule has 0 spiro atoms. The van der Waals surface area contributed by atoms with E-state index in [4.69, 9.17) is 0 Å². The van der Waals surface area contributed by atoms with Crippen LogP contribution >= 0.6 is 0 Å². The van der Waals surface area contributed by atoms with Gasteiger partial charge in [-0.3, -0.25) is 0 Å². The molecule has 0 atom stereocenters. The number of nitrogens with zero attached hydrogens (tertiary/aromatic N) is 5. The second kappa shape index (κ2) is 13.0. The van der Waals surface area contributed by atoms with Crippen LogP contribution in [0.25, 0.3) is 88.4 Å². The maximum absolute atomic E-state index is 10.2. The Morgan fingerprint density at radius 3 is 1.46 bits per heavy atom. The van der Waals surface area contributed by atoms with Crippen LogP contribution in [0.3, 0.4) is 0 Å². The molecule has 2 heterocycles. The van der Waals surface area contributed by atoms with E-state index in [0.717, 1.165) is 72.0 Å². The molecule has 10 aromatic rings. The highest BCUT2D eigenvalue weighted by atomic mass is 15.0. The topological polar surface area (TPSA) is 81.2 Å². The summed E-state index contributed by atoms with van der Waals surface area (Å²) in [5.41, 5.74) is 13.4. The van der Waals surface area contributed by atoms with E-state index in [2.05, 4.69) is 161 Å². The maximum atomic E-state index is 10.2. The zero-order valence-corrected chi connectivity index (χ0v) is 30.0. The average Bonchev–Trinajstić information content (AvgIpc) is 3.78. The van der Waals surface area contributed by atoms with Gasteiger partial charge in [0.15, 0.2) is 0 Å². The summed E-state index contributed by atoms with van der Waals surface area (Å²) in [5.74, 6) is 0. The van der Waals surface area contributed by atoms with E-state index in [-0.39, 0.29) is 0 Å². The van der Waals surface area contributed by atoms with Crippen molar-refractivity contribution < 1.29 is 0 Å². The van der Waals surface area contributed by atoms with E-state index in [9.17, 15) is 15.8 Å². The number of nitriles is 3. The lowest BCUT2D eigenvalue weighted by atomic mass is 9.95. The van der Waals surface area contributed by atoms with E-state index in [0.29, 0.717) is 22.3 Å². The third-order valence-electron chi connectivity index (χ3n) is 10.8. The molecule has 8 aromatic carbocycles. The molecule has 0 amide bonds. The zero-order valence-electron chi connectivity index (χ0n) is 30.0. The third-order valence-corrected chi connectivity index (χ3v) is 10.8. The van der Waals surface area contributed by atoms with Gasteiger partial charge in [-0.1, -0.05) is 103 Å². The van der Waals surface area contributed by atoms with Gasteiger partial charge in [-0.05, 0) is 89.5 Å². The largest absolute Gasteiger partial charge is 0.309 e. The molecule has 0 aliphatic rings. The first-order valence-electron chi connectivity index (χ1n) is 18.4. The molecule has 0 aliphatic carbocycles. The Labute approximate surface area is 323 Å². The summed E-state index contributed by atoms with van der Waals surface area (Å²) < 4.78 is 4.60. The highest BCUT2D eigenvalue weighted by molar-refractivity contribution is 6.12. The van der Waals surface area contributed by atoms with Crippen LogP contribution in [0.4, 0.5) is 0 Å². The predicted molar refractivity (Wildman–Crippen MR) is 226 cm³/mol. The number of para-hydroxylation sites is 3. The molecule has 0 unspecified atom stereocenters. The monoisotopic (exact) mass is 711 g/mol. The first kappa shape index (κ1) is 32.5. The van der Waals surface area contributed by atoms with Gasteiger partial charge in [0.2, 0.25) is 0 Å². The van der Waals surface area contributed by atoms with Gasteiger partial charge in [0.05, 0.1) is 68.3 Å². The molecule has 0 radical (unpaired) electrons. The van der Waals surface area contributed by atoms with Gasteiger partial charge >= 0.3 is 0 Å². The van der Waals surface area contributed by atoms with Crippen molar-refractivity contribution in [3.05, 3.63) is 193 Å². The van der Waals surface area contributed by atoms with Crippen LogP contribution < -0.4 is 0 Å². The second-order valence-electron chi connectivity index (χ2n) is 13.9. The minimum atomic E-state index is 0.377. The first-order valence-corrected chi connectivity index (χ1v) is 18.4. The smallest absolute Gasteiger partial charge is 0.0998 e. The van der Waals surface area contributed by atoms with Crippen LogP contribution in [0.15, 0.2) is 176 Å². The zero-order chi connectivity index (χ0) is 37.8. The maximum Gasteiger partial charge on any atom is 0.0998 e. The predicted octanol–water partition coefficient (Wildman–Crippen LogP) is 12.5. The Balaban J connectivity index is 1.19. The van der Waals surface area contributed by atoms with E-state index in [1.165, 1.54) is 10.8 Å². The number of benzene rings is 8. The van der Waals surface area contributed by atoms with Gasteiger partial charge in [0.25, 0.3) is 0 Å². The first-order chi connectivity index (χ1) is 27.6. The van der Waals surface area contributed by atoms with Crippen molar-refractivity contribution in [3.63, 3.8) is 0 Å². The number of fused-ring (bicyclic) bond motifs is 6. The SMILES string of the molecule is N#Cc1ccc(-c2cc(C#N)ccc2-n2c3ccccc3c3cc(-c4ccc(-n5c6ccccc6c6ccccc65)c(-c5ccccc5)c4)ccc32)c(C#N)c1. The van der Waals surface area contributed by atoms with Crippen LogP contribution in [0.2, 0.25) is 0 Å². The molecule has 0 bridgehead atoms. The van der Waals surface area contributed by atoms with Crippen LogP contribution in [0.1, 0.15) is 16.7 Å². The highest BCUT2D eigenvalue weighted by Gasteiger charge is 2.20. The van der Waals surface area contributed by atoms with Crippen molar-refractivity contribution in [2.24, 2.45) is 0 Å². The van der Waals surface area contributed by atoms with Gasteiger partial charge in [-0.2, -0.15) is 15.8 Å². The Hall–Kier alpha value is -8.17. The molecule has 5 nitrogen and oxygen atoms in total.